The largest absolute Gasteiger partial charge is 0.467 e. The molecular formula is C40H45F3N8O2. The van der Waals surface area contributed by atoms with Crippen LogP contribution in [-0.4, -0.2) is 87.8 Å². The molecule has 5 heterocycles. The van der Waals surface area contributed by atoms with E-state index in [1.807, 2.05) is 44.9 Å². The van der Waals surface area contributed by atoms with Crippen molar-refractivity contribution in [3.63, 3.8) is 0 Å². The molecule has 13 heteroatoms. The van der Waals surface area contributed by atoms with Gasteiger partial charge in [0.05, 0.1) is 18.2 Å². The number of alkyl halides is 1. The van der Waals surface area contributed by atoms with E-state index < -0.39 is 12.0 Å². The second-order valence-electron chi connectivity index (χ2n) is 13.5. The van der Waals surface area contributed by atoms with Crippen LogP contribution in [0.4, 0.5) is 19.0 Å². The summed E-state index contributed by atoms with van der Waals surface area (Å²) in [5.74, 6) is -0.0297. The van der Waals surface area contributed by atoms with Crippen LogP contribution < -0.4 is 15.0 Å². The van der Waals surface area contributed by atoms with Crippen molar-refractivity contribution in [1.29, 1.82) is 0 Å². The summed E-state index contributed by atoms with van der Waals surface area (Å²) in [6.45, 7) is 9.21. The van der Waals surface area contributed by atoms with Gasteiger partial charge in [0.15, 0.2) is 5.82 Å². The van der Waals surface area contributed by atoms with Crippen LogP contribution in [0.1, 0.15) is 55.9 Å². The Labute approximate surface area is 307 Å². The van der Waals surface area contributed by atoms with Crippen LogP contribution in [-0.2, 0) is 11.2 Å². The highest BCUT2D eigenvalue weighted by atomic mass is 19.1. The number of likely N-dealkylation sites (tertiary alicyclic amines) is 1. The van der Waals surface area contributed by atoms with Gasteiger partial charge in [-0.15, -0.1) is 0 Å². The number of rotatable bonds is 8. The van der Waals surface area contributed by atoms with Crippen molar-refractivity contribution >= 4 is 39.5 Å². The molecular weight excluding hydrogens is 681 g/mol. The summed E-state index contributed by atoms with van der Waals surface area (Å²) in [7, 11) is 3.28. The molecule has 5 aromatic rings. The number of hydrogen-bond donors (Lipinski definition) is 1. The lowest BCUT2D eigenvalue weighted by Gasteiger charge is -2.27. The zero-order chi connectivity index (χ0) is 37.8. The van der Waals surface area contributed by atoms with Crippen molar-refractivity contribution in [1.82, 2.24) is 35.1 Å². The van der Waals surface area contributed by atoms with E-state index in [4.69, 9.17) is 4.74 Å². The van der Waals surface area contributed by atoms with E-state index in [0.29, 0.717) is 77.8 Å². The minimum Gasteiger partial charge on any atom is -0.467 e. The maximum Gasteiger partial charge on any atom is 0.318 e. The Balaban J connectivity index is 0.000000533. The van der Waals surface area contributed by atoms with Crippen LogP contribution in [0.5, 0.6) is 6.01 Å². The van der Waals surface area contributed by atoms with Gasteiger partial charge >= 0.3 is 6.01 Å². The molecule has 0 spiro atoms. The van der Waals surface area contributed by atoms with Crippen molar-refractivity contribution < 1.29 is 22.7 Å². The zero-order valence-electron chi connectivity index (χ0n) is 31.0. The first kappa shape index (κ1) is 37.6. The number of carbonyl (C=O) groups excluding carboxylic acids is 1. The molecule has 3 aromatic heterocycles. The maximum absolute atomic E-state index is 16.4. The molecule has 3 atom stereocenters. The van der Waals surface area contributed by atoms with Crippen LogP contribution in [0.25, 0.3) is 39.0 Å². The first-order valence-electron chi connectivity index (χ1n) is 18.0. The molecule has 0 aliphatic carbocycles. The number of nitrogens with one attached hydrogen (secondary N) is 1. The van der Waals surface area contributed by atoms with E-state index in [1.165, 1.54) is 19.3 Å². The van der Waals surface area contributed by atoms with Crippen LogP contribution in [0.15, 0.2) is 48.7 Å². The summed E-state index contributed by atoms with van der Waals surface area (Å²) in [5.41, 5.74) is 2.61. The van der Waals surface area contributed by atoms with Gasteiger partial charge in [-0.25, -0.2) is 23.1 Å². The minimum absolute atomic E-state index is 0.00270. The number of likely N-dealkylation sites (N-methyl/N-ethyl adjacent to an activating group) is 1. The van der Waals surface area contributed by atoms with Gasteiger partial charge in [0.2, 0.25) is 5.91 Å². The standard InChI is InChI=1S/C34H33F2N7O2.C6H12FN/c1-6-24-27(35)12-10-21-8-7-9-25(29(21)24)31-30(36)32-26(17-37-31)33(41-34(40-32)45-5)42(4)23-14-15-43(18-23)28(44)13-11-22-16-19(2)38-20(3)39-22;1-2-6-3-5(7)4-8-6/h7-13,16-17,23H,6,14-15,18H2,1-5H3;5-6,8H,2-4H2,1H3/b13-11+;. The fourth-order valence-electron chi connectivity index (χ4n) is 7.15. The molecule has 278 valence electrons. The first-order valence-corrected chi connectivity index (χ1v) is 18.0. The molecule has 53 heavy (non-hydrogen) atoms. The van der Waals surface area contributed by atoms with Gasteiger partial charge in [0.25, 0.3) is 0 Å². The monoisotopic (exact) mass is 726 g/mol. The van der Waals surface area contributed by atoms with Crippen molar-refractivity contribution in [2.45, 2.75) is 71.6 Å². The number of hydrogen-bond acceptors (Lipinski definition) is 9. The van der Waals surface area contributed by atoms with Crippen molar-refractivity contribution in [2.75, 3.05) is 38.7 Å². The number of anilines is 1. The SMILES string of the molecule is CCC1CC(F)CN1.CCc1c(F)ccc2cccc(-c3ncc4c(N(C)C5CCN(C(=O)/C=C/c6cc(C)nc(C)n6)C5)nc(OC)nc4c3F)c12. The molecule has 10 nitrogen and oxygen atoms in total. The minimum atomic E-state index is -0.648. The normalized spacial score (nSPS) is 18.5. The fraction of sp³-hybridized carbons (Fsp3) is 0.400. The van der Waals surface area contributed by atoms with Crippen LogP contribution in [0.3, 0.4) is 0 Å². The molecule has 0 saturated carbocycles. The van der Waals surface area contributed by atoms with E-state index in [1.54, 1.807) is 35.4 Å². The van der Waals surface area contributed by atoms with E-state index in [0.717, 1.165) is 23.9 Å². The van der Waals surface area contributed by atoms with Crippen molar-refractivity contribution in [2.24, 2.45) is 0 Å². The Morgan fingerprint density at radius 3 is 2.60 bits per heavy atom. The maximum atomic E-state index is 16.4. The second-order valence-corrected chi connectivity index (χ2v) is 13.5. The number of nitrogens with zero attached hydrogens (tertiary/aromatic N) is 7. The number of amides is 1. The Bertz CT molecular complexity index is 2140. The van der Waals surface area contributed by atoms with Gasteiger partial charge in [-0.1, -0.05) is 38.1 Å². The summed E-state index contributed by atoms with van der Waals surface area (Å²) in [5, 5.41) is 4.90. The predicted octanol–water partition coefficient (Wildman–Crippen LogP) is 6.95. The molecule has 1 amide bonds. The smallest absolute Gasteiger partial charge is 0.318 e. The van der Waals surface area contributed by atoms with Crippen molar-refractivity contribution in [3.05, 3.63) is 83.1 Å². The summed E-state index contributed by atoms with van der Waals surface area (Å²) in [6, 6.07) is 10.7. The zero-order valence-corrected chi connectivity index (χ0v) is 31.0. The summed E-state index contributed by atoms with van der Waals surface area (Å²) >= 11 is 0. The average Bonchev–Trinajstić information content (AvgIpc) is 3.83. The number of methoxy groups -OCH3 is 1. The second kappa shape index (κ2) is 16.2. The number of halogens is 3. The van der Waals surface area contributed by atoms with Gasteiger partial charge in [-0.3, -0.25) is 9.78 Å². The highest BCUT2D eigenvalue weighted by Crippen LogP contribution is 2.37. The van der Waals surface area contributed by atoms with Gasteiger partial charge < -0.3 is 19.9 Å². The fourth-order valence-corrected chi connectivity index (χ4v) is 7.15. The Hall–Kier alpha value is -5.17. The summed E-state index contributed by atoms with van der Waals surface area (Å²) < 4.78 is 48.9. The van der Waals surface area contributed by atoms with E-state index in [9.17, 15) is 13.6 Å². The molecule has 2 saturated heterocycles. The topological polar surface area (TPSA) is 109 Å². The number of carbonyl (C=O) groups is 1. The van der Waals surface area contributed by atoms with E-state index >= 15 is 4.39 Å². The number of aryl methyl sites for hydroxylation is 3. The van der Waals surface area contributed by atoms with Crippen LogP contribution in [0, 0.1) is 25.5 Å². The number of benzene rings is 2. The highest BCUT2D eigenvalue weighted by Gasteiger charge is 2.31. The molecule has 2 aromatic carbocycles. The average molecular weight is 727 g/mol. The van der Waals surface area contributed by atoms with Gasteiger partial charge in [0.1, 0.15) is 34.8 Å². The molecule has 0 bridgehead atoms. The quantitative estimate of drug-likeness (QED) is 0.170. The lowest BCUT2D eigenvalue weighted by atomic mass is 9.95. The first-order chi connectivity index (χ1) is 25.5. The van der Waals surface area contributed by atoms with Crippen LogP contribution in [0.2, 0.25) is 0 Å². The number of pyridine rings is 1. The Kier molecular flexibility index (Phi) is 11.5. The summed E-state index contributed by atoms with van der Waals surface area (Å²) in [4.78, 5) is 38.8. The molecule has 2 fully saturated rings. The summed E-state index contributed by atoms with van der Waals surface area (Å²) in [6.07, 6.45) is 7.09. The molecule has 3 unspecified atom stereocenters. The third kappa shape index (κ3) is 8.09. The van der Waals surface area contributed by atoms with Crippen molar-refractivity contribution in [3.8, 4) is 17.3 Å². The van der Waals surface area contributed by atoms with E-state index in [-0.39, 0.29) is 35.0 Å². The molecule has 1 N–H and O–H groups in total. The predicted molar refractivity (Wildman–Crippen MR) is 202 cm³/mol. The number of fused-ring (bicyclic) bond motifs is 2. The highest BCUT2D eigenvalue weighted by molar-refractivity contribution is 6.01. The third-order valence-corrected chi connectivity index (χ3v) is 9.93. The molecule has 2 aliphatic heterocycles. The Morgan fingerprint density at radius 1 is 1.11 bits per heavy atom. The Morgan fingerprint density at radius 2 is 1.92 bits per heavy atom. The molecule has 0 radical (unpaired) electrons. The third-order valence-electron chi connectivity index (χ3n) is 9.93. The van der Waals surface area contributed by atoms with E-state index in [2.05, 4.69) is 37.2 Å². The number of ether oxygens (including phenoxy) is 1. The van der Waals surface area contributed by atoms with Gasteiger partial charge in [-0.05, 0) is 74.1 Å². The lowest BCUT2D eigenvalue weighted by molar-refractivity contribution is -0.124. The van der Waals surface area contributed by atoms with Gasteiger partial charge in [0, 0.05) is 62.3 Å². The number of aromatic nitrogens is 5. The van der Waals surface area contributed by atoms with Gasteiger partial charge in [-0.2, -0.15) is 9.97 Å². The molecule has 2 aliphatic rings. The lowest BCUT2D eigenvalue weighted by Crippen LogP contribution is -2.36. The molecule has 7 rings (SSSR count). The van der Waals surface area contributed by atoms with Crippen LogP contribution >= 0.6 is 0 Å².